The molecule has 0 heterocycles. The summed E-state index contributed by atoms with van der Waals surface area (Å²) in [6.45, 7) is 1.01. The van der Waals surface area contributed by atoms with Crippen LogP contribution in [0.25, 0.3) is 0 Å². The Kier molecular flexibility index (Phi) is 2.27. The Morgan fingerprint density at radius 2 is 1.85 bits per heavy atom. The van der Waals surface area contributed by atoms with Gasteiger partial charge in [-0.15, -0.1) is 0 Å². The van der Waals surface area contributed by atoms with Crippen LogP contribution in [0.15, 0.2) is 6.07 Å². The molecule has 0 radical (unpaired) electrons. The molecule has 0 N–H and O–H groups in total. The van der Waals surface area contributed by atoms with E-state index in [1.165, 1.54) is 0 Å². The van der Waals surface area contributed by atoms with Crippen LogP contribution in [0.1, 0.15) is 15.9 Å². The number of aromatic carboxylic acids is 1. The number of rotatable bonds is 1. The normalized spacial score (nSPS) is 10.2. The van der Waals surface area contributed by atoms with Crippen molar-refractivity contribution in [3.63, 3.8) is 0 Å². The van der Waals surface area contributed by atoms with Crippen LogP contribution in [-0.2, 0) is 0 Å². The minimum Gasteiger partial charge on any atom is -0.545 e. The number of benzene rings is 1. The highest BCUT2D eigenvalue weighted by Gasteiger charge is 2.15. The van der Waals surface area contributed by atoms with Crippen molar-refractivity contribution in [2.75, 3.05) is 0 Å². The smallest absolute Gasteiger partial charge is 0.168 e. The zero-order valence-corrected chi connectivity index (χ0v) is 6.53. The Bertz CT molecular complexity index is 374. The summed E-state index contributed by atoms with van der Waals surface area (Å²) < 4.78 is 38.1. The lowest BCUT2D eigenvalue weighted by Gasteiger charge is -2.07. The first kappa shape index (κ1) is 9.57. The molecule has 0 aliphatic heterocycles. The van der Waals surface area contributed by atoms with Crippen molar-refractivity contribution in [1.82, 2.24) is 0 Å². The third-order valence-corrected chi connectivity index (χ3v) is 1.61. The fourth-order valence-corrected chi connectivity index (χ4v) is 0.835. The lowest BCUT2D eigenvalue weighted by atomic mass is 10.1. The first-order valence-electron chi connectivity index (χ1n) is 3.30. The van der Waals surface area contributed by atoms with Crippen LogP contribution < -0.4 is 5.11 Å². The van der Waals surface area contributed by atoms with Crippen molar-refractivity contribution < 1.29 is 23.1 Å². The van der Waals surface area contributed by atoms with E-state index in [4.69, 9.17) is 0 Å². The van der Waals surface area contributed by atoms with Gasteiger partial charge in [-0.1, -0.05) is 0 Å². The van der Waals surface area contributed by atoms with Crippen molar-refractivity contribution >= 4 is 5.97 Å². The third kappa shape index (κ3) is 1.49. The van der Waals surface area contributed by atoms with Gasteiger partial charge in [-0.3, -0.25) is 0 Å². The average molecular weight is 189 g/mol. The van der Waals surface area contributed by atoms with Crippen LogP contribution in [0.2, 0.25) is 0 Å². The fourth-order valence-electron chi connectivity index (χ4n) is 0.835. The summed E-state index contributed by atoms with van der Waals surface area (Å²) in [4.78, 5) is 10.2. The van der Waals surface area contributed by atoms with Gasteiger partial charge in [-0.05, 0) is 13.0 Å². The van der Waals surface area contributed by atoms with E-state index in [-0.39, 0.29) is 0 Å². The Morgan fingerprint density at radius 1 is 1.31 bits per heavy atom. The average Bonchev–Trinajstić information content (AvgIpc) is 2.07. The predicted molar refractivity (Wildman–Crippen MR) is 35.4 cm³/mol. The minimum absolute atomic E-state index is 0.392. The highest BCUT2D eigenvalue weighted by Crippen LogP contribution is 2.18. The van der Waals surface area contributed by atoms with E-state index in [1.807, 2.05) is 0 Å². The second-order valence-electron chi connectivity index (χ2n) is 2.45. The van der Waals surface area contributed by atoms with Gasteiger partial charge < -0.3 is 9.90 Å². The molecule has 0 fully saturated rings. The summed E-state index contributed by atoms with van der Waals surface area (Å²) in [5, 5.41) is 10.2. The standard InChI is InChI=1S/C8H5F3O2/c1-3-5(9)2-4(8(12)13)7(11)6(3)10/h2H,1H3,(H,12,13)/p-1. The molecular formula is C8H4F3O2-. The molecule has 0 aliphatic rings. The van der Waals surface area contributed by atoms with E-state index >= 15 is 0 Å². The van der Waals surface area contributed by atoms with E-state index in [2.05, 4.69) is 0 Å². The molecule has 5 heteroatoms. The molecule has 0 bridgehead atoms. The van der Waals surface area contributed by atoms with E-state index in [0.29, 0.717) is 6.07 Å². The van der Waals surface area contributed by atoms with Crippen molar-refractivity contribution in [2.45, 2.75) is 6.92 Å². The molecule has 0 saturated carbocycles. The van der Waals surface area contributed by atoms with Crippen molar-refractivity contribution in [3.8, 4) is 0 Å². The summed E-state index contributed by atoms with van der Waals surface area (Å²) in [5.74, 6) is -6.16. The maximum Gasteiger partial charge on any atom is 0.168 e. The van der Waals surface area contributed by atoms with Crippen LogP contribution in [0.3, 0.4) is 0 Å². The number of halogens is 3. The second-order valence-corrected chi connectivity index (χ2v) is 2.45. The Balaban J connectivity index is 3.50. The van der Waals surface area contributed by atoms with Gasteiger partial charge in [-0.25, -0.2) is 13.2 Å². The quantitative estimate of drug-likeness (QED) is 0.612. The molecule has 0 aromatic heterocycles. The van der Waals surface area contributed by atoms with E-state index in [0.717, 1.165) is 6.92 Å². The summed E-state index contributed by atoms with van der Waals surface area (Å²) in [7, 11) is 0. The number of carboxylic acid groups (broad SMARTS) is 1. The Hall–Kier alpha value is -1.52. The molecular weight excluding hydrogens is 185 g/mol. The molecule has 1 aromatic rings. The van der Waals surface area contributed by atoms with Gasteiger partial charge in [0.15, 0.2) is 11.6 Å². The Labute approximate surface area is 71.6 Å². The summed E-state index contributed by atoms with van der Waals surface area (Å²) in [6.07, 6.45) is 0. The maximum absolute atomic E-state index is 12.7. The predicted octanol–water partition coefficient (Wildman–Crippen LogP) is 0.776. The first-order chi connectivity index (χ1) is 5.95. The number of hydrogen-bond donors (Lipinski definition) is 0. The van der Waals surface area contributed by atoms with Crippen molar-refractivity contribution in [1.29, 1.82) is 0 Å². The summed E-state index contributed by atoms with van der Waals surface area (Å²) in [5.41, 5.74) is -1.66. The number of carbonyl (C=O) groups excluding carboxylic acids is 1. The third-order valence-electron chi connectivity index (χ3n) is 1.61. The molecule has 0 spiro atoms. The second kappa shape index (κ2) is 3.08. The highest BCUT2D eigenvalue weighted by atomic mass is 19.2. The number of hydrogen-bond acceptors (Lipinski definition) is 2. The van der Waals surface area contributed by atoms with Crippen molar-refractivity contribution in [2.24, 2.45) is 0 Å². The monoisotopic (exact) mass is 189 g/mol. The molecule has 0 atom stereocenters. The summed E-state index contributed by atoms with van der Waals surface area (Å²) in [6, 6.07) is 0.392. The molecule has 0 saturated heterocycles. The van der Waals surface area contributed by atoms with E-state index < -0.39 is 34.5 Å². The van der Waals surface area contributed by atoms with Gasteiger partial charge in [0.2, 0.25) is 0 Å². The Morgan fingerprint density at radius 3 is 2.31 bits per heavy atom. The van der Waals surface area contributed by atoms with Gasteiger partial charge in [-0.2, -0.15) is 0 Å². The van der Waals surface area contributed by atoms with E-state index in [1.54, 1.807) is 0 Å². The number of carbonyl (C=O) groups is 1. The molecule has 1 aromatic carbocycles. The van der Waals surface area contributed by atoms with E-state index in [9.17, 15) is 23.1 Å². The van der Waals surface area contributed by atoms with Crippen LogP contribution in [0, 0.1) is 24.4 Å². The molecule has 0 aliphatic carbocycles. The van der Waals surface area contributed by atoms with Crippen LogP contribution in [0.4, 0.5) is 13.2 Å². The van der Waals surface area contributed by atoms with Gasteiger partial charge in [0, 0.05) is 11.1 Å². The van der Waals surface area contributed by atoms with Gasteiger partial charge in [0.25, 0.3) is 0 Å². The van der Waals surface area contributed by atoms with Crippen LogP contribution >= 0.6 is 0 Å². The fraction of sp³-hybridized carbons (Fsp3) is 0.125. The van der Waals surface area contributed by atoms with Gasteiger partial charge in [0.1, 0.15) is 5.82 Å². The largest absolute Gasteiger partial charge is 0.545 e. The van der Waals surface area contributed by atoms with Gasteiger partial charge in [0.05, 0.1) is 5.97 Å². The van der Waals surface area contributed by atoms with Crippen LogP contribution in [-0.4, -0.2) is 5.97 Å². The topological polar surface area (TPSA) is 40.1 Å². The molecule has 1 rings (SSSR count). The SMILES string of the molecule is Cc1c(F)cc(C(=O)[O-])c(F)c1F. The minimum atomic E-state index is -1.95. The first-order valence-corrected chi connectivity index (χ1v) is 3.30. The molecule has 0 amide bonds. The molecule has 0 unspecified atom stereocenters. The van der Waals surface area contributed by atoms with Crippen LogP contribution in [0.5, 0.6) is 0 Å². The van der Waals surface area contributed by atoms with Gasteiger partial charge >= 0.3 is 0 Å². The molecule has 13 heavy (non-hydrogen) atoms. The van der Waals surface area contributed by atoms with Crippen molar-refractivity contribution in [3.05, 3.63) is 34.6 Å². The summed E-state index contributed by atoms with van der Waals surface area (Å²) >= 11 is 0. The molecule has 70 valence electrons. The lowest BCUT2D eigenvalue weighted by Crippen LogP contribution is -2.24. The lowest BCUT2D eigenvalue weighted by molar-refractivity contribution is -0.255. The highest BCUT2D eigenvalue weighted by molar-refractivity contribution is 5.86. The molecule has 2 nitrogen and oxygen atoms in total. The maximum atomic E-state index is 12.7. The number of carboxylic acids is 1. The zero-order valence-electron chi connectivity index (χ0n) is 6.53. The zero-order chi connectivity index (χ0) is 10.2.